The van der Waals surface area contributed by atoms with Gasteiger partial charge >= 0.3 is 5.97 Å². The van der Waals surface area contributed by atoms with Crippen LogP contribution in [-0.4, -0.2) is 37.5 Å². The third-order valence-corrected chi connectivity index (χ3v) is 3.18. The lowest BCUT2D eigenvalue weighted by Crippen LogP contribution is -2.32. The van der Waals surface area contributed by atoms with Gasteiger partial charge in [0.05, 0.1) is 7.11 Å². The lowest BCUT2D eigenvalue weighted by Gasteiger charge is -2.15. The first-order chi connectivity index (χ1) is 10.1. The molecule has 0 fully saturated rings. The fourth-order valence-electron chi connectivity index (χ4n) is 1.99. The van der Waals surface area contributed by atoms with Gasteiger partial charge in [0.1, 0.15) is 6.54 Å². The summed E-state index contributed by atoms with van der Waals surface area (Å²) in [5.41, 5.74) is 2.68. The van der Waals surface area contributed by atoms with Gasteiger partial charge in [0.25, 0.3) is 5.91 Å². The smallest absolute Gasteiger partial charge is 0.325 e. The Hall–Kier alpha value is -2.62. The largest absolute Gasteiger partial charge is 0.468 e. The van der Waals surface area contributed by atoms with Gasteiger partial charge in [0, 0.05) is 12.6 Å². The Labute approximate surface area is 124 Å². The number of amides is 1. The van der Waals surface area contributed by atoms with E-state index in [1.54, 1.807) is 19.2 Å². The molecule has 0 heterocycles. The van der Waals surface area contributed by atoms with Crippen molar-refractivity contribution in [1.29, 1.82) is 0 Å². The zero-order valence-corrected chi connectivity index (χ0v) is 12.1. The van der Waals surface area contributed by atoms with Gasteiger partial charge in [-0.3, -0.25) is 9.59 Å². The van der Waals surface area contributed by atoms with Crippen LogP contribution in [0.4, 0.5) is 0 Å². The van der Waals surface area contributed by atoms with Crippen LogP contribution >= 0.6 is 0 Å². The fourth-order valence-corrected chi connectivity index (χ4v) is 1.99. The topological polar surface area (TPSA) is 46.6 Å². The summed E-state index contributed by atoms with van der Waals surface area (Å²) >= 11 is 0. The molecule has 21 heavy (non-hydrogen) atoms. The molecule has 1 amide bonds. The number of esters is 1. The number of rotatable bonds is 4. The molecule has 0 bridgehead atoms. The van der Waals surface area contributed by atoms with Gasteiger partial charge in [0.15, 0.2) is 0 Å². The molecule has 4 nitrogen and oxygen atoms in total. The summed E-state index contributed by atoms with van der Waals surface area (Å²) in [4.78, 5) is 24.7. The molecule has 2 aromatic carbocycles. The quantitative estimate of drug-likeness (QED) is 0.810. The van der Waals surface area contributed by atoms with Crippen molar-refractivity contribution in [2.24, 2.45) is 0 Å². The molecule has 2 rings (SSSR count). The molecule has 0 unspecified atom stereocenters. The zero-order chi connectivity index (χ0) is 15.2. The van der Waals surface area contributed by atoms with E-state index in [1.807, 2.05) is 42.5 Å². The summed E-state index contributed by atoms with van der Waals surface area (Å²) in [5, 5.41) is 0. The maximum absolute atomic E-state index is 12.2. The first-order valence-corrected chi connectivity index (χ1v) is 6.59. The van der Waals surface area contributed by atoms with Crippen LogP contribution in [0.15, 0.2) is 54.6 Å². The van der Waals surface area contributed by atoms with Gasteiger partial charge in [-0.15, -0.1) is 0 Å². The summed E-state index contributed by atoms with van der Waals surface area (Å²) in [6.07, 6.45) is 0. The van der Waals surface area contributed by atoms with Crippen molar-refractivity contribution in [3.8, 4) is 11.1 Å². The van der Waals surface area contributed by atoms with Crippen LogP contribution in [0.25, 0.3) is 11.1 Å². The monoisotopic (exact) mass is 283 g/mol. The van der Waals surface area contributed by atoms with Crippen molar-refractivity contribution in [2.45, 2.75) is 0 Å². The van der Waals surface area contributed by atoms with E-state index in [0.717, 1.165) is 11.1 Å². The Morgan fingerprint density at radius 1 is 0.952 bits per heavy atom. The fraction of sp³-hybridized carbons (Fsp3) is 0.176. The molecule has 0 atom stereocenters. The number of nitrogens with zero attached hydrogens (tertiary/aromatic N) is 1. The molecule has 0 aliphatic rings. The first-order valence-electron chi connectivity index (χ1n) is 6.59. The molecule has 0 radical (unpaired) electrons. The molecule has 0 spiro atoms. The number of ether oxygens (including phenoxy) is 1. The minimum Gasteiger partial charge on any atom is -0.468 e. The number of methoxy groups -OCH3 is 1. The van der Waals surface area contributed by atoms with E-state index in [-0.39, 0.29) is 12.5 Å². The third-order valence-electron chi connectivity index (χ3n) is 3.18. The Morgan fingerprint density at radius 2 is 1.52 bits per heavy atom. The second-order valence-corrected chi connectivity index (χ2v) is 4.68. The maximum atomic E-state index is 12.2. The van der Waals surface area contributed by atoms with Gasteiger partial charge in [0.2, 0.25) is 0 Å². The molecule has 108 valence electrons. The minimum atomic E-state index is -0.438. The lowest BCUT2D eigenvalue weighted by molar-refractivity contribution is -0.141. The normalized spacial score (nSPS) is 10.0. The van der Waals surface area contributed by atoms with Crippen LogP contribution in [0.2, 0.25) is 0 Å². The van der Waals surface area contributed by atoms with Crippen LogP contribution in [0.1, 0.15) is 10.4 Å². The Kier molecular flexibility index (Phi) is 4.72. The number of carbonyl (C=O) groups is 2. The molecule has 0 saturated carbocycles. The van der Waals surface area contributed by atoms with E-state index in [0.29, 0.717) is 5.56 Å². The highest BCUT2D eigenvalue weighted by Crippen LogP contribution is 2.19. The predicted molar refractivity (Wildman–Crippen MR) is 80.9 cm³/mol. The standard InChI is InChI=1S/C17H17NO3/c1-18(12-16(19)21-2)17(20)15-10-8-14(9-11-15)13-6-4-3-5-7-13/h3-11H,12H2,1-2H3. The Morgan fingerprint density at radius 3 is 2.10 bits per heavy atom. The van der Waals surface area contributed by atoms with E-state index in [9.17, 15) is 9.59 Å². The van der Waals surface area contributed by atoms with E-state index in [4.69, 9.17) is 0 Å². The molecule has 0 aliphatic heterocycles. The summed E-state index contributed by atoms with van der Waals surface area (Å²) in [6, 6.07) is 17.3. The SMILES string of the molecule is COC(=O)CN(C)C(=O)c1ccc(-c2ccccc2)cc1. The van der Waals surface area contributed by atoms with E-state index >= 15 is 0 Å². The zero-order valence-electron chi connectivity index (χ0n) is 12.1. The van der Waals surface area contributed by atoms with Crippen molar-refractivity contribution in [1.82, 2.24) is 4.90 Å². The summed E-state index contributed by atoms with van der Waals surface area (Å²) < 4.78 is 4.55. The molecule has 2 aromatic rings. The minimum absolute atomic E-state index is 0.0598. The van der Waals surface area contributed by atoms with Crippen LogP contribution in [0, 0.1) is 0 Å². The van der Waals surface area contributed by atoms with E-state index in [1.165, 1.54) is 12.0 Å². The molecule has 4 heteroatoms. The van der Waals surface area contributed by atoms with Crippen molar-refractivity contribution >= 4 is 11.9 Å². The average molecular weight is 283 g/mol. The molecule has 0 N–H and O–H groups in total. The summed E-state index contributed by atoms with van der Waals surface area (Å²) in [7, 11) is 2.87. The predicted octanol–water partition coefficient (Wildman–Crippen LogP) is 2.60. The summed E-state index contributed by atoms with van der Waals surface area (Å²) in [6.45, 7) is -0.0598. The van der Waals surface area contributed by atoms with Gasteiger partial charge < -0.3 is 9.64 Å². The molecule has 0 aromatic heterocycles. The molecule has 0 saturated heterocycles. The highest BCUT2D eigenvalue weighted by molar-refractivity contribution is 5.96. The van der Waals surface area contributed by atoms with E-state index in [2.05, 4.69) is 4.74 Å². The first kappa shape index (κ1) is 14.8. The van der Waals surface area contributed by atoms with Crippen LogP contribution in [0.5, 0.6) is 0 Å². The third kappa shape index (κ3) is 3.69. The maximum Gasteiger partial charge on any atom is 0.325 e. The second-order valence-electron chi connectivity index (χ2n) is 4.68. The number of hydrogen-bond acceptors (Lipinski definition) is 3. The Bertz CT molecular complexity index is 620. The van der Waals surface area contributed by atoms with Gasteiger partial charge in [-0.1, -0.05) is 42.5 Å². The average Bonchev–Trinajstić information content (AvgIpc) is 2.55. The lowest BCUT2D eigenvalue weighted by atomic mass is 10.0. The van der Waals surface area contributed by atoms with Crippen molar-refractivity contribution in [3.63, 3.8) is 0 Å². The van der Waals surface area contributed by atoms with Gasteiger partial charge in [-0.05, 0) is 23.3 Å². The van der Waals surface area contributed by atoms with Crippen LogP contribution < -0.4 is 0 Å². The van der Waals surface area contributed by atoms with Gasteiger partial charge in [-0.2, -0.15) is 0 Å². The van der Waals surface area contributed by atoms with Crippen LogP contribution in [-0.2, 0) is 9.53 Å². The van der Waals surface area contributed by atoms with Crippen molar-refractivity contribution in [3.05, 3.63) is 60.2 Å². The number of carbonyl (C=O) groups excluding carboxylic acids is 2. The highest BCUT2D eigenvalue weighted by atomic mass is 16.5. The summed E-state index contributed by atoms with van der Waals surface area (Å²) in [5.74, 6) is -0.647. The second kappa shape index (κ2) is 6.70. The van der Waals surface area contributed by atoms with Crippen LogP contribution in [0.3, 0.4) is 0 Å². The molecule has 0 aliphatic carbocycles. The van der Waals surface area contributed by atoms with E-state index < -0.39 is 5.97 Å². The molecular formula is C17H17NO3. The highest BCUT2D eigenvalue weighted by Gasteiger charge is 2.15. The molecular weight excluding hydrogens is 266 g/mol. The van der Waals surface area contributed by atoms with Crippen molar-refractivity contribution < 1.29 is 14.3 Å². The number of benzene rings is 2. The Balaban J connectivity index is 2.12. The van der Waals surface area contributed by atoms with Gasteiger partial charge in [-0.25, -0.2) is 0 Å². The number of likely N-dealkylation sites (N-methyl/N-ethyl adjacent to an activating group) is 1. The van der Waals surface area contributed by atoms with Crippen molar-refractivity contribution in [2.75, 3.05) is 20.7 Å². The number of hydrogen-bond donors (Lipinski definition) is 0.